The average molecular weight is 214 g/mol. The number of rotatable bonds is 7. The summed E-state index contributed by atoms with van der Waals surface area (Å²) in [6.07, 6.45) is 2.50. The summed E-state index contributed by atoms with van der Waals surface area (Å²) in [6.45, 7) is 15.1. The summed E-state index contributed by atoms with van der Waals surface area (Å²) in [5.41, 5.74) is 0.361. The second kappa shape index (κ2) is 7.24. The van der Waals surface area contributed by atoms with Gasteiger partial charge < -0.3 is 10.2 Å². The lowest BCUT2D eigenvalue weighted by Gasteiger charge is -2.32. The standard InChI is InChI=1S/C13H30N2/c1-7-10-15(8-2)11-9-12(14-6)13(3,4)5/h12,14H,7-11H2,1-6H3. The topological polar surface area (TPSA) is 15.3 Å². The maximum absolute atomic E-state index is 3.44. The highest BCUT2D eigenvalue weighted by Gasteiger charge is 2.22. The fraction of sp³-hybridized carbons (Fsp3) is 1.00. The van der Waals surface area contributed by atoms with Gasteiger partial charge in [-0.05, 0) is 44.9 Å². The van der Waals surface area contributed by atoms with Crippen molar-refractivity contribution in [3.05, 3.63) is 0 Å². The van der Waals surface area contributed by atoms with Crippen LogP contribution in [0.4, 0.5) is 0 Å². The SMILES string of the molecule is CCCN(CC)CCC(NC)C(C)(C)C. The third kappa shape index (κ3) is 6.16. The molecule has 0 rings (SSSR count). The van der Waals surface area contributed by atoms with E-state index in [1.54, 1.807) is 0 Å². The van der Waals surface area contributed by atoms with Crippen LogP contribution in [0.1, 0.15) is 47.5 Å². The van der Waals surface area contributed by atoms with Gasteiger partial charge in [-0.3, -0.25) is 0 Å². The summed E-state index contributed by atoms with van der Waals surface area (Å²) in [6, 6.07) is 0.614. The molecule has 0 radical (unpaired) electrons. The molecule has 0 aromatic carbocycles. The van der Waals surface area contributed by atoms with Crippen LogP contribution in [-0.4, -0.2) is 37.6 Å². The van der Waals surface area contributed by atoms with E-state index in [1.165, 1.54) is 32.5 Å². The van der Waals surface area contributed by atoms with E-state index in [9.17, 15) is 0 Å². The number of hydrogen-bond donors (Lipinski definition) is 1. The van der Waals surface area contributed by atoms with Gasteiger partial charge in [0.1, 0.15) is 0 Å². The summed E-state index contributed by atoms with van der Waals surface area (Å²) in [5.74, 6) is 0. The van der Waals surface area contributed by atoms with Gasteiger partial charge in [0.15, 0.2) is 0 Å². The van der Waals surface area contributed by atoms with E-state index >= 15 is 0 Å². The lowest BCUT2D eigenvalue weighted by atomic mass is 9.85. The van der Waals surface area contributed by atoms with E-state index in [0.717, 1.165) is 0 Å². The molecule has 0 spiro atoms. The van der Waals surface area contributed by atoms with Gasteiger partial charge in [0.05, 0.1) is 0 Å². The molecular formula is C13H30N2. The second-order valence-electron chi connectivity index (χ2n) is 5.43. The maximum Gasteiger partial charge on any atom is 0.0125 e. The molecule has 0 aliphatic heterocycles. The molecule has 0 heterocycles. The predicted molar refractivity (Wildman–Crippen MR) is 69.3 cm³/mol. The van der Waals surface area contributed by atoms with Crippen molar-refractivity contribution in [1.82, 2.24) is 10.2 Å². The molecule has 0 amide bonds. The lowest BCUT2D eigenvalue weighted by Crippen LogP contribution is -2.41. The van der Waals surface area contributed by atoms with Gasteiger partial charge in [-0.15, -0.1) is 0 Å². The van der Waals surface area contributed by atoms with Crippen molar-refractivity contribution in [3.8, 4) is 0 Å². The maximum atomic E-state index is 3.44. The van der Waals surface area contributed by atoms with Crippen LogP contribution in [0.5, 0.6) is 0 Å². The zero-order valence-corrected chi connectivity index (χ0v) is 11.6. The number of nitrogens with one attached hydrogen (secondary N) is 1. The molecular weight excluding hydrogens is 184 g/mol. The summed E-state index contributed by atoms with van der Waals surface area (Å²) in [5, 5.41) is 3.44. The van der Waals surface area contributed by atoms with Crippen molar-refractivity contribution >= 4 is 0 Å². The molecule has 0 saturated heterocycles. The normalized spacial score (nSPS) is 14.6. The zero-order chi connectivity index (χ0) is 11.9. The third-order valence-corrected chi connectivity index (χ3v) is 3.11. The van der Waals surface area contributed by atoms with E-state index in [-0.39, 0.29) is 0 Å². The van der Waals surface area contributed by atoms with E-state index in [4.69, 9.17) is 0 Å². The summed E-state index contributed by atoms with van der Waals surface area (Å²) < 4.78 is 0. The van der Waals surface area contributed by atoms with Crippen molar-refractivity contribution in [1.29, 1.82) is 0 Å². The second-order valence-corrected chi connectivity index (χ2v) is 5.43. The Morgan fingerprint density at radius 2 is 1.73 bits per heavy atom. The Morgan fingerprint density at radius 3 is 2.07 bits per heavy atom. The molecule has 0 fully saturated rings. The molecule has 0 aliphatic carbocycles. The minimum atomic E-state index is 0.361. The van der Waals surface area contributed by atoms with E-state index in [2.05, 4.69) is 51.9 Å². The minimum absolute atomic E-state index is 0.361. The predicted octanol–water partition coefficient (Wildman–Crippen LogP) is 2.74. The highest BCUT2D eigenvalue weighted by molar-refractivity contribution is 4.80. The van der Waals surface area contributed by atoms with Gasteiger partial charge in [-0.2, -0.15) is 0 Å². The van der Waals surface area contributed by atoms with Crippen LogP contribution in [-0.2, 0) is 0 Å². The van der Waals surface area contributed by atoms with Crippen LogP contribution in [0.15, 0.2) is 0 Å². The molecule has 0 aromatic rings. The Bertz CT molecular complexity index is 149. The zero-order valence-electron chi connectivity index (χ0n) is 11.6. The fourth-order valence-electron chi connectivity index (χ4n) is 2.07. The minimum Gasteiger partial charge on any atom is -0.316 e. The quantitative estimate of drug-likeness (QED) is 0.701. The summed E-state index contributed by atoms with van der Waals surface area (Å²) in [7, 11) is 2.08. The molecule has 15 heavy (non-hydrogen) atoms. The summed E-state index contributed by atoms with van der Waals surface area (Å²) >= 11 is 0. The van der Waals surface area contributed by atoms with Crippen LogP contribution >= 0.6 is 0 Å². The van der Waals surface area contributed by atoms with Gasteiger partial charge in [0.2, 0.25) is 0 Å². The first-order valence-corrected chi connectivity index (χ1v) is 6.35. The highest BCUT2D eigenvalue weighted by atomic mass is 15.1. The average Bonchev–Trinajstić information content (AvgIpc) is 2.15. The first kappa shape index (κ1) is 14.9. The van der Waals surface area contributed by atoms with Crippen molar-refractivity contribution in [2.24, 2.45) is 5.41 Å². The largest absolute Gasteiger partial charge is 0.316 e. The van der Waals surface area contributed by atoms with Crippen LogP contribution in [0, 0.1) is 5.41 Å². The smallest absolute Gasteiger partial charge is 0.0125 e. The van der Waals surface area contributed by atoms with Gasteiger partial charge in [-0.25, -0.2) is 0 Å². The first-order chi connectivity index (χ1) is 6.95. The molecule has 0 bridgehead atoms. The van der Waals surface area contributed by atoms with E-state index in [1.807, 2.05) is 0 Å². The molecule has 2 heteroatoms. The number of hydrogen-bond acceptors (Lipinski definition) is 2. The van der Waals surface area contributed by atoms with Gasteiger partial charge in [0.25, 0.3) is 0 Å². The molecule has 1 unspecified atom stereocenters. The van der Waals surface area contributed by atoms with E-state index in [0.29, 0.717) is 11.5 Å². The highest BCUT2D eigenvalue weighted by Crippen LogP contribution is 2.21. The Hall–Kier alpha value is -0.0800. The Balaban J connectivity index is 3.98. The molecule has 1 atom stereocenters. The Labute approximate surface area is 96.4 Å². The lowest BCUT2D eigenvalue weighted by molar-refractivity contribution is 0.215. The molecule has 1 N–H and O–H groups in total. The third-order valence-electron chi connectivity index (χ3n) is 3.11. The van der Waals surface area contributed by atoms with Crippen molar-refractivity contribution in [2.75, 3.05) is 26.7 Å². The van der Waals surface area contributed by atoms with Crippen molar-refractivity contribution in [2.45, 2.75) is 53.5 Å². The molecule has 0 saturated carbocycles. The van der Waals surface area contributed by atoms with Gasteiger partial charge >= 0.3 is 0 Å². The molecule has 92 valence electrons. The summed E-state index contributed by atoms with van der Waals surface area (Å²) in [4.78, 5) is 2.54. The monoisotopic (exact) mass is 214 g/mol. The van der Waals surface area contributed by atoms with Crippen molar-refractivity contribution in [3.63, 3.8) is 0 Å². The van der Waals surface area contributed by atoms with Gasteiger partial charge in [-0.1, -0.05) is 34.6 Å². The molecule has 2 nitrogen and oxygen atoms in total. The van der Waals surface area contributed by atoms with E-state index < -0.39 is 0 Å². The van der Waals surface area contributed by atoms with Crippen LogP contribution in [0.3, 0.4) is 0 Å². The van der Waals surface area contributed by atoms with Crippen LogP contribution in [0.25, 0.3) is 0 Å². The molecule has 0 aromatic heterocycles. The van der Waals surface area contributed by atoms with Crippen LogP contribution in [0.2, 0.25) is 0 Å². The number of nitrogens with zero attached hydrogens (tertiary/aromatic N) is 1. The first-order valence-electron chi connectivity index (χ1n) is 6.35. The van der Waals surface area contributed by atoms with Crippen molar-refractivity contribution < 1.29 is 0 Å². The molecule has 0 aliphatic rings. The van der Waals surface area contributed by atoms with Gasteiger partial charge in [0, 0.05) is 6.04 Å². The van der Waals surface area contributed by atoms with Crippen LogP contribution < -0.4 is 5.32 Å². The fourth-order valence-corrected chi connectivity index (χ4v) is 2.07. The Kier molecular flexibility index (Phi) is 7.20. The Morgan fingerprint density at radius 1 is 1.13 bits per heavy atom.